The van der Waals surface area contributed by atoms with Crippen molar-refractivity contribution >= 4 is 5.82 Å². The summed E-state index contributed by atoms with van der Waals surface area (Å²) in [7, 11) is 1.93. The van der Waals surface area contributed by atoms with Gasteiger partial charge in [0.05, 0.1) is 11.9 Å². The molecule has 0 bridgehead atoms. The van der Waals surface area contributed by atoms with E-state index < -0.39 is 0 Å². The van der Waals surface area contributed by atoms with E-state index in [0.29, 0.717) is 5.92 Å². The van der Waals surface area contributed by atoms with Gasteiger partial charge in [-0.15, -0.1) is 0 Å². The van der Waals surface area contributed by atoms with Crippen LogP contribution in [0.2, 0.25) is 0 Å². The van der Waals surface area contributed by atoms with Gasteiger partial charge in [0.2, 0.25) is 0 Å². The third-order valence-electron chi connectivity index (χ3n) is 3.63. The maximum atomic E-state index is 4.78. The van der Waals surface area contributed by atoms with Gasteiger partial charge in [-0.05, 0) is 26.2 Å². The lowest BCUT2D eigenvalue weighted by molar-refractivity contribution is 0.768. The highest BCUT2D eigenvalue weighted by Crippen LogP contribution is 2.40. The van der Waals surface area contributed by atoms with E-state index in [1.807, 2.05) is 24.1 Å². The molecule has 0 unspecified atom stereocenters. The summed E-state index contributed by atoms with van der Waals surface area (Å²) in [6.07, 6.45) is 7.39. The van der Waals surface area contributed by atoms with Crippen LogP contribution >= 0.6 is 0 Å². The van der Waals surface area contributed by atoms with Crippen molar-refractivity contribution in [2.75, 3.05) is 11.9 Å². The summed E-state index contributed by atoms with van der Waals surface area (Å²) in [5, 5.41) is 7.68. The predicted molar refractivity (Wildman–Crippen MR) is 79.7 cm³/mol. The third kappa shape index (κ3) is 2.53. The van der Waals surface area contributed by atoms with Crippen LogP contribution in [0.5, 0.6) is 0 Å². The van der Waals surface area contributed by atoms with Gasteiger partial charge < -0.3 is 5.32 Å². The summed E-state index contributed by atoms with van der Waals surface area (Å²) < 4.78 is 1.81. The molecule has 0 amide bonds. The molecular weight excluding hydrogens is 250 g/mol. The smallest absolute Gasteiger partial charge is 0.134 e. The molecule has 106 valence electrons. The summed E-state index contributed by atoms with van der Waals surface area (Å²) in [5.74, 6) is 2.50. The number of aryl methyl sites for hydroxylation is 1. The van der Waals surface area contributed by atoms with Crippen LogP contribution in [0.25, 0.3) is 11.3 Å². The lowest BCUT2D eigenvalue weighted by atomic mass is 10.1. The quantitative estimate of drug-likeness (QED) is 0.908. The molecule has 2 aromatic heterocycles. The van der Waals surface area contributed by atoms with Gasteiger partial charge in [-0.1, -0.05) is 6.92 Å². The van der Waals surface area contributed by atoms with Crippen molar-refractivity contribution in [2.45, 2.75) is 39.0 Å². The maximum Gasteiger partial charge on any atom is 0.134 e. The van der Waals surface area contributed by atoms with Crippen LogP contribution in [0.15, 0.2) is 12.4 Å². The van der Waals surface area contributed by atoms with E-state index in [4.69, 9.17) is 9.97 Å². The summed E-state index contributed by atoms with van der Waals surface area (Å²) in [4.78, 5) is 9.50. The van der Waals surface area contributed by atoms with Crippen LogP contribution in [0, 0.1) is 6.92 Å². The minimum Gasteiger partial charge on any atom is -0.370 e. The molecule has 0 aliphatic heterocycles. The van der Waals surface area contributed by atoms with Crippen molar-refractivity contribution in [2.24, 2.45) is 7.05 Å². The van der Waals surface area contributed by atoms with E-state index in [1.165, 1.54) is 12.8 Å². The molecule has 20 heavy (non-hydrogen) atoms. The van der Waals surface area contributed by atoms with Crippen molar-refractivity contribution in [3.63, 3.8) is 0 Å². The van der Waals surface area contributed by atoms with Gasteiger partial charge in [0.1, 0.15) is 11.6 Å². The number of aromatic nitrogens is 4. The largest absolute Gasteiger partial charge is 0.370 e. The van der Waals surface area contributed by atoms with Crippen molar-refractivity contribution in [1.82, 2.24) is 19.7 Å². The molecule has 2 heterocycles. The molecule has 5 heteroatoms. The fourth-order valence-electron chi connectivity index (χ4n) is 2.30. The zero-order valence-corrected chi connectivity index (χ0v) is 12.3. The SMILES string of the molecule is CCCNc1nc(C2CC2)nc(-c2cnn(C)c2)c1C. The van der Waals surface area contributed by atoms with Crippen LogP contribution in [-0.4, -0.2) is 26.3 Å². The first-order valence-corrected chi connectivity index (χ1v) is 7.30. The van der Waals surface area contributed by atoms with E-state index in [0.717, 1.165) is 41.4 Å². The molecule has 1 saturated carbocycles. The molecule has 1 aliphatic carbocycles. The second-order valence-electron chi connectivity index (χ2n) is 5.51. The molecule has 5 nitrogen and oxygen atoms in total. The van der Waals surface area contributed by atoms with Crippen molar-refractivity contribution < 1.29 is 0 Å². The topological polar surface area (TPSA) is 55.6 Å². The van der Waals surface area contributed by atoms with Crippen LogP contribution in [0.3, 0.4) is 0 Å². The Morgan fingerprint density at radius 3 is 2.75 bits per heavy atom. The Balaban J connectivity index is 2.04. The maximum absolute atomic E-state index is 4.78. The Morgan fingerprint density at radius 1 is 1.35 bits per heavy atom. The molecule has 0 radical (unpaired) electrons. The summed E-state index contributed by atoms with van der Waals surface area (Å²) >= 11 is 0. The van der Waals surface area contributed by atoms with E-state index in [2.05, 4.69) is 24.3 Å². The highest BCUT2D eigenvalue weighted by atomic mass is 15.2. The van der Waals surface area contributed by atoms with Crippen LogP contribution in [0.4, 0.5) is 5.82 Å². The molecule has 0 atom stereocenters. The first-order valence-electron chi connectivity index (χ1n) is 7.30. The number of nitrogens with zero attached hydrogens (tertiary/aromatic N) is 4. The summed E-state index contributed by atoms with van der Waals surface area (Å²) in [6, 6.07) is 0. The van der Waals surface area contributed by atoms with Gasteiger partial charge in [-0.3, -0.25) is 4.68 Å². The predicted octanol–water partition coefficient (Wildman–Crippen LogP) is 2.88. The minimum atomic E-state index is 0.549. The van der Waals surface area contributed by atoms with Crippen LogP contribution in [-0.2, 0) is 7.05 Å². The average molecular weight is 271 g/mol. The van der Waals surface area contributed by atoms with Crippen molar-refractivity contribution in [1.29, 1.82) is 0 Å². The van der Waals surface area contributed by atoms with E-state index in [9.17, 15) is 0 Å². The van der Waals surface area contributed by atoms with Crippen molar-refractivity contribution in [3.8, 4) is 11.3 Å². The molecule has 0 spiro atoms. The van der Waals surface area contributed by atoms with E-state index in [-0.39, 0.29) is 0 Å². The van der Waals surface area contributed by atoms with E-state index in [1.54, 1.807) is 0 Å². The zero-order valence-electron chi connectivity index (χ0n) is 12.3. The highest BCUT2D eigenvalue weighted by molar-refractivity contribution is 5.67. The fraction of sp³-hybridized carbons (Fsp3) is 0.533. The molecule has 0 aromatic carbocycles. The van der Waals surface area contributed by atoms with Gasteiger partial charge in [0, 0.05) is 36.8 Å². The Bertz CT molecular complexity index is 613. The fourth-order valence-corrected chi connectivity index (χ4v) is 2.30. The number of anilines is 1. The summed E-state index contributed by atoms with van der Waals surface area (Å²) in [5.41, 5.74) is 3.18. The minimum absolute atomic E-state index is 0.549. The molecule has 1 aliphatic rings. The highest BCUT2D eigenvalue weighted by Gasteiger charge is 2.28. The number of nitrogens with one attached hydrogen (secondary N) is 1. The number of hydrogen-bond donors (Lipinski definition) is 1. The summed E-state index contributed by atoms with van der Waals surface area (Å²) in [6.45, 7) is 5.18. The second-order valence-corrected chi connectivity index (χ2v) is 5.51. The molecule has 2 aromatic rings. The Hall–Kier alpha value is -1.91. The zero-order chi connectivity index (χ0) is 14.1. The molecule has 3 rings (SSSR count). The van der Waals surface area contributed by atoms with Crippen LogP contribution < -0.4 is 5.32 Å². The van der Waals surface area contributed by atoms with Gasteiger partial charge in [0.25, 0.3) is 0 Å². The first-order chi connectivity index (χ1) is 9.69. The van der Waals surface area contributed by atoms with Gasteiger partial charge in [-0.25, -0.2) is 9.97 Å². The molecular formula is C15H21N5. The third-order valence-corrected chi connectivity index (χ3v) is 3.63. The van der Waals surface area contributed by atoms with Crippen LogP contribution in [0.1, 0.15) is 43.5 Å². The van der Waals surface area contributed by atoms with Crippen molar-refractivity contribution in [3.05, 3.63) is 23.8 Å². The Morgan fingerprint density at radius 2 is 2.15 bits per heavy atom. The number of rotatable bonds is 5. The normalized spacial score (nSPS) is 14.6. The van der Waals surface area contributed by atoms with Gasteiger partial charge in [0.15, 0.2) is 0 Å². The molecule has 1 N–H and O–H groups in total. The average Bonchev–Trinajstić information content (AvgIpc) is 3.20. The number of hydrogen-bond acceptors (Lipinski definition) is 4. The monoisotopic (exact) mass is 271 g/mol. The lowest BCUT2D eigenvalue weighted by Gasteiger charge is -2.12. The molecule has 1 fully saturated rings. The Kier molecular flexibility index (Phi) is 3.42. The Labute approximate surface area is 119 Å². The van der Waals surface area contributed by atoms with Gasteiger partial charge >= 0.3 is 0 Å². The second kappa shape index (κ2) is 5.23. The van der Waals surface area contributed by atoms with E-state index >= 15 is 0 Å². The first kappa shape index (κ1) is 13.1. The van der Waals surface area contributed by atoms with Gasteiger partial charge in [-0.2, -0.15) is 5.10 Å². The lowest BCUT2D eigenvalue weighted by Crippen LogP contribution is -2.08. The standard InChI is InChI=1S/C15H21N5/c1-4-7-16-14-10(2)13(12-8-17-20(3)9-12)18-15(19-14)11-5-6-11/h8-9,11H,4-7H2,1-3H3,(H,16,18,19). The molecule has 0 saturated heterocycles.